The van der Waals surface area contributed by atoms with Crippen LogP contribution in [0, 0.1) is 0 Å². The van der Waals surface area contributed by atoms with Crippen LogP contribution in [0.3, 0.4) is 0 Å². The van der Waals surface area contributed by atoms with Crippen molar-refractivity contribution in [2.24, 2.45) is 0 Å². The number of aromatic hydroxyl groups is 2. The Labute approximate surface area is 260 Å². The van der Waals surface area contributed by atoms with Gasteiger partial charge in [0, 0.05) is 34.5 Å². The largest absolute Gasteiger partial charge is 1.00 e. The molecule has 0 radical (unpaired) electrons. The molecule has 0 bridgehead atoms. The van der Waals surface area contributed by atoms with Gasteiger partial charge in [-0.25, -0.2) is 13.2 Å². The van der Waals surface area contributed by atoms with Gasteiger partial charge in [0.1, 0.15) is 11.1 Å². The van der Waals surface area contributed by atoms with Gasteiger partial charge in [-0.2, -0.15) is 0 Å². The quantitative estimate of drug-likeness (QED) is 0.122. The van der Waals surface area contributed by atoms with E-state index in [2.05, 4.69) is 4.18 Å². The first-order valence-electron chi connectivity index (χ1n) is 12.2. The number of phenols is 2. The first-order chi connectivity index (χ1) is 19.5. The minimum absolute atomic E-state index is 0. The van der Waals surface area contributed by atoms with E-state index in [1.807, 2.05) is 0 Å². The van der Waals surface area contributed by atoms with Crippen LogP contribution in [-0.2, 0) is 23.4 Å². The van der Waals surface area contributed by atoms with Crippen molar-refractivity contribution in [3.8, 4) is 56.9 Å². The van der Waals surface area contributed by atoms with Crippen LogP contribution >= 0.6 is 0 Å². The summed E-state index contributed by atoms with van der Waals surface area (Å²) in [4.78, 5) is 13.5. The molecule has 2 N–H and O–H groups in total. The second kappa shape index (κ2) is 10.7. The first-order valence-corrected chi connectivity index (χ1v) is 13.5. The van der Waals surface area contributed by atoms with E-state index in [1.54, 1.807) is 28.8 Å². The number of fused-ring (bicyclic) bond motifs is 7. The van der Waals surface area contributed by atoms with E-state index in [9.17, 15) is 28.0 Å². The van der Waals surface area contributed by atoms with Gasteiger partial charge >= 0.3 is 35.2 Å². The van der Waals surface area contributed by atoms with E-state index in [4.69, 9.17) is 18.6 Å². The van der Waals surface area contributed by atoms with Crippen LogP contribution in [0.1, 0.15) is 5.56 Å². The molecule has 0 fully saturated rings. The molecule has 3 heterocycles. The van der Waals surface area contributed by atoms with Gasteiger partial charge in [-0.05, 0) is 47.9 Å². The molecule has 0 amide bonds. The zero-order chi connectivity index (χ0) is 29.2. The Morgan fingerprint density at radius 2 is 1.60 bits per heavy atom. The Hall–Kier alpha value is -3.88. The standard InChI is InChI=1S/C28H23NO11S.Na/c1-36-19-5-4-14(8-17(19)30)24-25-16-11-22(38-3)23(40-41(33,34)35)12-20(16)39-28(32)27(25)29-7-6-13-9-21(37-2)18(31)10-15(13)26(24)29;/h4-5,8-12,30-31H,6-7H2,1-3H3,(H,33,34,35);/q;+1/p-1. The van der Waals surface area contributed by atoms with E-state index in [0.29, 0.717) is 51.9 Å². The Balaban J connectivity index is 0.00000353. The average Bonchev–Trinajstić information content (AvgIpc) is 3.28. The van der Waals surface area contributed by atoms with Gasteiger partial charge in [0.05, 0.1) is 27.0 Å². The smallest absolute Gasteiger partial charge is 0.716 e. The average molecular weight is 604 g/mol. The van der Waals surface area contributed by atoms with Crippen molar-refractivity contribution in [1.82, 2.24) is 4.57 Å². The van der Waals surface area contributed by atoms with Crippen molar-refractivity contribution in [3.63, 3.8) is 0 Å². The predicted octanol–water partition coefficient (Wildman–Crippen LogP) is 0.918. The number of methoxy groups -OCH3 is 3. The molecule has 42 heavy (non-hydrogen) atoms. The minimum Gasteiger partial charge on any atom is -0.716 e. The Kier molecular flexibility index (Phi) is 7.58. The van der Waals surface area contributed by atoms with Crippen LogP contribution in [0.15, 0.2) is 51.7 Å². The number of rotatable bonds is 6. The summed E-state index contributed by atoms with van der Waals surface area (Å²) < 4.78 is 61.8. The summed E-state index contributed by atoms with van der Waals surface area (Å²) >= 11 is 0. The molecule has 2 aromatic heterocycles. The Morgan fingerprint density at radius 1 is 0.905 bits per heavy atom. The SMILES string of the molecule is COc1ccc(-c2c3n(c4c(=O)oc5cc(OS(=O)(=O)[O-])c(OC)cc5c24)CCc2cc(OC)c(O)cc2-3)cc1O.[Na+]. The monoisotopic (exact) mass is 603 g/mol. The molecule has 0 atom stereocenters. The van der Waals surface area contributed by atoms with Gasteiger partial charge in [-0.3, -0.25) is 0 Å². The van der Waals surface area contributed by atoms with E-state index in [-0.39, 0.29) is 63.7 Å². The molecule has 14 heteroatoms. The van der Waals surface area contributed by atoms with Crippen molar-refractivity contribution >= 4 is 32.3 Å². The van der Waals surface area contributed by atoms with Gasteiger partial charge in [0.25, 0.3) is 10.4 Å². The number of phenolic OH excluding ortho intramolecular Hbond substituents is 2. The zero-order valence-electron chi connectivity index (χ0n) is 22.9. The molecule has 212 valence electrons. The summed E-state index contributed by atoms with van der Waals surface area (Å²) in [6.45, 7) is 0.373. The van der Waals surface area contributed by atoms with Gasteiger partial charge < -0.3 is 42.1 Å². The Morgan fingerprint density at radius 3 is 2.24 bits per heavy atom. The first kappa shape index (κ1) is 29.6. The fourth-order valence-corrected chi connectivity index (χ4v) is 5.81. The van der Waals surface area contributed by atoms with Gasteiger partial charge in [-0.1, -0.05) is 6.07 Å². The van der Waals surface area contributed by atoms with Crippen molar-refractivity contribution in [1.29, 1.82) is 0 Å². The van der Waals surface area contributed by atoms with Crippen molar-refractivity contribution in [2.45, 2.75) is 13.0 Å². The maximum absolute atomic E-state index is 13.5. The number of aromatic nitrogens is 1. The van der Waals surface area contributed by atoms with E-state index in [1.165, 1.54) is 33.5 Å². The molecule has 3 aromatic carbocycles. The van der Waals surface area contributed by atoms with Crippen LogP contribution in [0.2, 0.25) is 0 Å². The molecule has 6 rings (SSSR count). The fraction of sp³-hybridized carbons (Fsp3) is 0.179. The van der Waals surface area contributed by atoms with Gasteiger partial charge in [0.15, 0.2) is 34.5 Å². The van der Waals surface area contributed by atoms with Crippen LogP contribution < -0.4 is 53.6 Å². The molecule has 5 aromatic rings. The van der Waals surface area contributed by atoms with Crippen LogP contribution in [0.4, 0.5) is 0 Å². The molecule has 0 aliphatic carbocycles. The molecular formula is C28H22NNaO11S. The summed E-state index contributed by atoms with van der Waals surface area (Å²) in [6.07, 6.45) is 0.505. The second-order valence-electron chi connectivity index (χ2n) is 9.30. The maximum atomic E-state index is 13.5. The number of nitrogens with zero attached hydrogens (tertiary/aromatic N) is 1. The number of hydrogen-bond acceptors (Lipinski definition) is 11. The summed E-state index contributed by atoms with van der Waals surface area (Å²) in [5, 5.41) is 22.1. The fourth-order valence-electron chi connectivity index (χ4n) is 5.46. The molecule has 0 spiro atoms. The topological polar surface area (TPSA) is 170 Å². The third-order valence-electron chi connectivity index (χ3n) is 7.12. The minimum atomic E-state index is -5.17. The van der Waals surface area contributed by atoms with E-state index >= 15 is 0 Å². The number of benzene rings is 3. The summed E-state index contributed by atoms with van der Waals surface area (Å²) in [5.74, 6) is -0.260. The van der Waals surface area contributed by atoms with Crippen molar-refractivity contribution < 1.29 is 75.6 Å². The molecule has 0 saturated heterocycles. The number of ether oxygens (including phenoxy) is 3. The number of aryl methyl sites for hydroxylation is 2. The van der Waals surface area contributed by atoms with Crippen molar-refractivity contribution in [3.05, 3.63) is 58.4 Å². The van der Waals surface area contributed by atoms with Gasteiger partial charge in [0.2, 0.25) is 0 Å². The van der Waals surface area contributed by atoms with Crippen LogP contribution in [0.5, 0.6) is 34.5 Å². The second-order valence-corrected chi connectivity index (χ2v) is 10.3. The molecule has 0 unspecified atom stereocenters. The number of hydrogen-bond donors (Lipinski definition) is 2. The predicted molar refractivity (Wildman–Crippen MR) is 146 cm³/mol. The third kappa shape index (κ3) is 4.72. The third-order valence-corrected chi connectivity index (χ3v) is 7.50. The molecule has 12 nitrogen and oxygen atoms in total. The molecule has 0 saturated carbocycles. The normalized spacial score (nSPS) is 12.4. The Bertz CT molecular complexity index is 2070. The van der Waals surface area contributed by atoms with Crippen LogP contribution in [0.25, 0.3) is 44.3 Å². The van der Waals surface area contributed by atoms with Gasteiger partial charge in [-0.15, -0.1) is 0 Å². The summed E-state index contributed by atoms with van der Waals surface area (Å²) in [7, 11) is -1.03. The summed E-state index contributed by atoms with van der Waals surface area (Å²) in [6, 6.07) is 10.6. The molecule has 1 aliphatic heterocycles. The van der Waals surface area contributed by atoms with Crippen LogP contribution in [-0.4, -0.2) is 49.1 Å². The van der Waals surface area contributed by atoms with Crippen molar-refractivity contribution in [2.75, 3.05) is 21.3 Å². The maximum Gasteiger partial charge on any atom is 1.00 e. The van der Waals surface area contributed by atoms with E-state index in [0.717, 1.165) is 11.6 Å². The molecule has 1 aliphatic rings. The summed E-state index contributed by atoms with van der Waals surface area (Å²) in [5.41, 5.74) is 2.49. The van der Waals surface area contributed by atoms with E-state index < -0.39 is 21.8 Å². The molecular weight excluding hydrogens is 581 g/mol. The zero-order valence-corrected chi connectivity index (χ0v) is 25.7.